The van der Waals surface area contributed by atoms with Crippen LogP contribution >= 0.6 is 11.8 Å². The highest BCUT2D eigenvalue weighted by Crippen LogP contribution is 2.26. The number of benzene rings is 2. The minimum atomic E-state index is -3.72. The number of likely N-dealkylation sites (tertiary alicyclic amines) is 1. The molecule has 8 heteroatoms. The van der Waals surface area contributed by atoms with Crippen LogP contribution in [0.2, 0.25) is 0 Å². The second-order valence-electron chi connectivity index (χ2n) is 8.27. The third-order valence-corrected chi connectivity index (χ3v) is 8.20. The topological polar surface area (TPSA) is 75.7 Å². The van der Waals surface area contributed by atoms with E-state index < -0.39 is 10.0 Å². The molecule has 0 saturated carbocycles. The van der Waals surface area contributed by atoms with Crippen LogP contribution in [-0.4, -0.2) is 51.7 Å². The van der Waals surface area contributed by atoms with Crippen molar-refractivity contribution in [1.29, 1.82) is 0 Å². The lowest BCUT2D eigenvalue weighted by Gasteiger charge is -2.30. The Morgan fingerprint density at radius 3 is 2.50 bits per heavy atom. The lowest BCUT2D eigenvalue weighted by atomic mass is 9.98. The van der Waals surface area contributed by atoms with Crippen LogP contribution in [0.4, 0.5) is 0 Å². The number of rotatable bonds is 9. The van der Waals surface area contributed by atoms with Gasteiger partial charge in [0.2, 0.25) is 10.0 Å². The Bertz CT molecular complexity index is 1010. The summed E-state index contributed by atoms with van der Waals surface area (Å²) in [6, 6.07) is 12.8. The van der Waals surface area contributed by atoms with E-state index in [4.69, 9.17) is 4.74 Å². The molecule has 1 N–H and O–H groups in total. The summed E-state index contributed by atoms with van der Waals surface area (Å²) in [5, 5.41) is 0. The molecule has 1 heterocycles. The van der Waals surface area contributed by atoms with Gasteiger partial charge in [-0.2, -0.15) is 11.8 Å². The number of amides is 1. The van der Waals surface area contributed by atoms with E-state index in [2.05, 4.69) is 42.8 Å². The first kappa shape index (κ1) is 24.6. The summed E-state index contributed by atoms with van der Waals surface area (Å²) in [5.74, 6) is 2.29. The molecule has 0 bridgehead atoms. The van der Waals surface area contributed by atoms with Gasteiger partial charge in [-0.25, -0.2) is 13.1 Å². The number of nitrogens with zero attached hydrogens (tertiary/aromatic N) is 1. The Morgan fingerprint density at radius 2 is 1.84 bits per heavy atom. The molecule has 174 valence electrons. The van der Waals surface area contributed by atoms with Crippen molar-refractivity contribution < 1.29 is 17.9 Å². The predicted molar refractivity (Wildman–Crippen MR) is 130 cm³/mol. The molecular formula is C24H32N2O4S2. The van der Waals surface area contributed by atoms with Gasteiger partial charge in [0.15, 0.2) is 0 Å². The molecule has 0 spiro atoms. The average molecular weight is 477 g/mol. The molecule has 0 aromatic heterocycles. The second kappa shape index (κ2) is 11.2. The largest absolute Gasteiger partial charge is 0.496 e. The van der Waals surface area contributed by atoms with Gasteiger partial charge in [0, 0.05) is 31.1 Å². The van der Waals surface area contributed by atoms with E-state index in [1.807, 2.05) is 0 Å². The zero-order chi connectivity index (χ0) is 23.1. The summed E-state index contributed by atoms with van der Waals surface area (Å²) >= 11 is 1.67. The van der Waals surface area contributed by atoms with Crippen LogP contribution in [0, 0.1) is 12.8 Å². The van der Waals surface area contributed by atoms with Gasteiger partial charge in [0.05, 0.1) is 17.6 Å². The highest BCUT2D eigenvalue weighted by Gasteiger charge is 2.26. The number of sulfonamides is 1. The number of ether oxygens (including phenoxy) is 1. The standard InChI is InChI=1S/C24H32N2O4S2/c1-18-4-6-20(7-5-18)17-31-15-12-25-32(28,29)21-8-9-23(30-3)22(16-21)24(27)26-13-10-19(2)11-14-26/h4-9,16,19,25H,10-15,17H2,1-3H3. The van der Waals surface area contributed by atoms with Crippen molar-refractivity contribution in [2.24, 2.45) is 5.92 Å². The number of thioether (sulfide) groups is 1. The van der Waals surface area contributed by atoms with E-state index >= 15 is 0 Å². The monoisotopic (exact) mass is 476 g/mol. The first-order valence-electron chi connectivity index (χ1n) is 10.9. The smallest absolute Gasteiger partial charge is 0.257 e. The normalized spacial score (nSPS) is 15.0. The highest BCUT2D eigenvalue weighted by molar-refractivity contribution is 7.98. The Morgan fingerprint density at radius 1 is 1.16 bits per heavy atom. The number of piperidine rings is 1. The van der Waals surface area contributed by atoms with Crippen LogP contribution in [0.25, 0.3) is 0 Å². The van der Waals surface area contributed by atoms with Crippen molar-refractivity contribution in [3.8, 4) is 5.75 Å². The molecule has 0 radical (unpaired) electrons. The van der Waals surface area contributed by atoms with Gasteiger partial charge in [-0.15, -0.1) is 0 Å². The van der Waals surface area contributed by atoms with Gasteiger partial charge in [-0.3, -0.25) is 4.79 Å². The molecule has 3 rings (SSSR count). The van der Waals surface area contributed by atoms with E-state index in [0.717, 1.165) is 18.6 Å². The quantitative estimate of drug-likeness (QED) is 0.552. The second-order valence-corrected chi connectivity index (χ2v) is 11.1. The number of hydrogen-bond acceptors (Lipinski definition) is 5. The summed E-state index contributed by atoms with van der Waals surface area (Å²) in [5.41, 5.74) is 2.73. The minimum Gasteiger partial charge on any atom is -0.496 e. The minimum absolute atomic E-state index is 0.0792. The molecule has 1 amide bonds. The average Bonchev–Trinajstić information content (AvgIpc) is 2.79. The number of nitrogens with one attached hydrogen (secondary N) is 1. The summed E-state index contributed by atoms with van der Waals surface area (Å²) in [4.78, 5) is 14.9. The molecule has 1 fully saturated rings. The lowest BCUT2D eigenvalue weighted by Crippen LogP contribution is -2.38. The van der Waals surface area contributed by atoms with Gasteiger partial charge in [-0.1, -0.05) is 36.8 Å². The summed E-state index contributed by atoms with van der Waals surface area (Å²) in [6.07, 6.45) is 1.90. The summed E-state index contributed by atoms with van der Waals surface area (Å²) in [7, 11) is -2.23. The van der Waals surface area contributed by atoms with E-state index in [9.17, 15) is 13.2 Å². The molecule has 1 aliphatic rings. The first-order valence-corrected chi connectivity index (χ1v) is 13.5. The number of methoxy groups -OCH3 is 1. The van der Waals surface area contributed by atoms with Gasteiger partial charge in [0.25, 0.3) is 5.91 Å². The number of carbonyl (C=O) groups is 1. The summed E-state index contributed by atoms with van der Waals surface area (Å²) in [6.45, 7) is 5.91. The van der Waals surface area contributed by atoms with Crippen molar-refractivity contribution in [2.45, 2.75) is 37.3 Å². The Labute approximate surface area is 195 Å². The maximum absolute atomic E-state index is 13.0. The number of carbonyl (C=O) groups excluding carboxylic acids is 1. The fraction of sp³-hybridized carbons (Fsp3) is 0.458. The van der Waals surface area contributed by atoms with Crippen molar-refractivity contribution >= 4 is 27.7 Å². The maximum Gasteiger partial charge on any atom is 0.257 e. The molecule has 32 heavy (non-hydrogen) atoms. The molecule has 2 aromatic rings. The van der Waals surface area contributed by atoms with Gasteiger partial charge < -0.3 is 9.64 Å². The van der Waals surface area contributed by atoms with Gasteiger partial charge >= 0.3 is 0 Å². The molecule has 0 aliphatic carbocycles. The molecule has 0 unspecified atom stereocenters. The fourth-order valence-corrected chi connectivity index (χ4v) is 5.62. The third kappa shape index (κ3) is 6.49. The van der Waals surface area contributed by atoms with E-state index in [1.165, 1.54) is 30.4 Å². The van der Waals surface area contributed by atoms with Crippen LogP contribution in [0.1, 0.15) is 41.3 Å². The van der Waals surface area contributed by atoms with Crippen LogP contribution in [-0.2, 0) is 15.8 Å². The molecule has 1 saturated heterocycles. The van der Waals surface area contributed by atoms with E-state index in [-0.39, 0.29) is 10.8 Å². The first-order chi connectivity index (χ1) is 15.3. The van der Waals surface area contributed by atoms with Crippen LogP contribution in [0.3, 0.4) is 0 Å². The molecule has 6 nitrogen and oxygen atoms in total. The Hall–Kier alpha value is -2.03. The van der Waals surface area contributed by atoms with Crippen LogP contribution in [0.5, 0.6) is 5.75 Å². The van der Waals surface area contributed by atoms with Crippen molar-refractivity contribution in [3.63, 3.8) is 0 Å². The van der Waals surface area contributed by atoms with Crippen molar-refractivity contribution in [2.75, 3.05) is 32.5 Å². The SMILES string of the molecule is COc1ccc(S(=O)(=O)NCCSCc2ccc(C)cc2)cc1C(=O)N1CCC(C)CC1. The highest BCUT2D eigenvalue weighted by atomic mass is 32.2. The molecule has 2 aromatic carbocycles. The maximum atomic E-state index is 13.0. The Kier molecular flexibility index (Phi) is 8.62. The van der Waals surface area contributed by atoms with Gasteiger partial charge in [0.1, 0.15) is 5.75 Å². The van der Waals surface area contributed by atoms with Crippen molar-refractivity contribution in [3.05, 3.63) is 59.2 Å². The van der Waals surface area contributed by atoms with Crippen molar-refractivity contribution in [1.82, 2.24) is 9.62 Å². The fourth-order valence-electron chi connectivity index (χ4n) is 3.61. The summed E-state index contributed by atoms with van der Waals surface area (Å²) < 4.78 is 33.6. The van der Waals surface area contributed by atoms with Gasteiger partial charge in [-0.05, 0) is 49.4 Å². The van der Waals surface area contributed by atoms with Crippen LogP contribution in [0.15, 0.2) is 47.4 Å². The zero-order valence-corrected chi connectivity index (χ0v) is 20.6. The molecular weight excluding hydrogens is 444 g/mol. The van der Waals surface area contributed by atoms with Crippen LogP contribution < -0.4 is 9.46 Å². The zero-order valence-electron chi connectivity index (χ0n) is 19.0. The predicted octanol–water partition coefficient (Wildman–Crippen LogP) is 4.09. The number of aryl methyl sites for hydroxylation is 1. The molecule has 0 atom stereocenters. The lowest BCUT2D eigenvalue weighted by molar-refractivity contribution is 0.0693. The number of hydrogen-bond donors (Lipinski definition) is 1. The molecule has 1 aliphatic heterocycles. The van der Waals surface area contributed by atoms with E-state index in [0.29, 0.717) is 42.6 Å². The van der Waals surface area contributed by atoms with E-state index in [1.54, 1.807) is 22.7 Å². The Balaban J connectivity index is 1.60. The third-order valence-electron chi connectivity index (χ3n) is 5.71.